The fourth-order valence-electron chi connectivity index (χ4n) is 4.39. The van der Waals surface area contributed by atoms with Gasteiger partial charge < -0.3 is 28.7 Å². The molecule has 1 N–H and O–H groups in total. The molecule has 0 aliphatic carbocycles. The number of amides is 1. The van der Waals surface area contributed by atoms with E-state index in [0.29, 0.717) is 37.5 Å². The molecule has 3 heterocycles. The van der Waals surface area contributed by atoms with Crippen molar-refractivity contribution in [2.24, 2.45) is 0 Å². The van der Waals surface area contributed by atoms with Gasteiger partial charge in [0.25, 0.3) is 5.91 Å². The average molecular weight is 437 g/mol. The Morgan fingerprint density at radius 2 is 1.94 bits per heavy atom. The molecule has 7 nitrogen and oxygen atoms in total. The largest absolute Gasteiger partial charge is 0.497 e. The Bertz CT molecular complexity index is 1190. The fraction of sp³-hybridized carbons (Fsp3) is 0.400. The van der Waals surface area contributed by atoms with Crippen molar-refractivity contribution in [2.45, 2.75) is 45.5 Å². The van der Waals surface area contributed by atoms with E-state index >= 15 is 0 Å². The summed E-state index contributed by atoms with van der Waals surface area (Å²) in [7, 11) is 1.66. The zero-order valence-electron chi connectivity index (χ0n) is 18.7. The minimum Gasteiger partial charge on any atom is -0.497 e. The van der Waals surface area contributed by atoms with Gasteiger partial charge >= 0.3 is 0 Å². The van der Waals surface area contributed by atoms with Crippen molar-refractivity contribution in [2.75, 3.05) is 25.6 Å². The summed E-state index contributed by atoms with van der Waals surface area (Å²) in [6.45, 7) is 6.88. The number of ether oxygens (including phenoxy) is 4. The first-order valence-electron chi connectivity index (χ1n) is 10.8. The van der Waals surface area contributed by atoms with Gasteiger partial charge in [0.15, 0.2) is 11.9 Å². The number of hydrogen-bond acceptors (Lipinski definition) is 6. The number of furan rings is 1. The lowest BCUT2D eigenvalue weighted by atomic mass is 9.94. The summed E-state index contributed by atoms with van der Waals surface area (Å²) in [5, 5.41) is 3.97. The van der Waals surface area contributed by atoms with Gasteiger partial charge in [0, 0.05) is 18.2 Å². The van der Waals surface area contributed by atoms with Crippen LogP contribution in [0, 0.1) is 6.92 Å². The van der Waals surface area contributed by atoms with Gasteiger partial charge in [0.1, 0.15) is 22.8 Å². The Morgan fingerprint density at radius 3 is 2.69 bits per heavy atom. The maximum absolute atomic E-state index is 12.1. The number of nitrogens with one attached hydrogen (secondary N) is 1. The second kappa shape index (κ2) is 7.83. The van der Waals surface area contributed by atoms with E-state index in [4.69, 9.17) is 23.4 Å². The van der Waals surface area contributed by atoms with Crippen molar-refractivity contribution in [1.29, 1.82) is 0 Å². The summed E-state index contributed by atoms with van der Waals surface area (Å²) in [5.41, 5.74) is 4.62. The lowest BCUT2D eigenvalue weighted by Gasteiger charge is -2.28. The molecule has 32 heavy (non-hydrogen) atoms. The minimum absolute atomic E-state index is 0.155. The summed E-state index contributed by atoms with van der Waals surface area (Å²) in [6.07, 6.45) is 0.585. The van der Waals surface area contributed by atoms with Crippen molar-refractivity contribution in [3.63, 3.8) is 0 Å². The zero-order valence-corrected chi connectivity index (χ0v) is 18.7. The number of hydrogen-bond donors (Lipinski definition) is 1. The Morgan fingerprint density at radius 1 is 1.16 bits per heavy atom. The molecule has 1 fully saturated rings. The smallest absolute Gasteiger partial charge is 0.265 e. The van der Waals surface area contributed by atoms with Gasteiger partial charge in [0.2, 0.25) is 0 Å². The first kappa shape index (κ1) is 20.8. The van der Waals surface area contributed by atoms with E-state index < -0.39 is 11.9 Å². The van der Waals surface area contributed by atoms with Crippen LogP contribution in [0.1, 0.15) is 36.3 Å². The molecule has 5 rings (SSSR count). The van der Waals surface area contributed by atoms with E-state index in [-0.39, 0.29) is 5.91 Å². The fourth-order valence-corrected chi connectivity index (χ4v) is 4.39. The summed E-state index contributed by atoms with van der Waals surface area (Å²) in [4.78, 5) is 12.1. The first-order chi connectivity index (χ1) is 15.3. The Balaban J connectivity index is 1.56. The highest BCUT2D eigenvalue weighted by Crippen LogP contribution is 2.38. The molecule has 1 atom stereocenters. The van der Waals surface area contributed by atoms with Crippen LogP contribution in [0.25, 0.3) is 11.0 Å². The Kier molecular flexibility index (Phi) is 5.10. The lowest BCUT2D eigenvalue weighted by molar-refractivity contribution is -0.140. The SMILES string of the molecule is COc1ccc2oc(Cc3cc4c(cc3CC3(C)OCCO3)NC(=O)C(C)O4)c(C)c2c1. The predicted molar refractivity (Wildman–Crippen MR) is 119 cm³/mol. The van der Waals surface area contributed by atoms with E-state index in [2.05, 4.69) is 12.2 Å². The third kappa shape index (κ3) is 3.72. The molecule has 1 unspecified atom stereocenters. The van der Waals surface area contributed by atoms with Gasteiger partial charge in [-0.1, -0.05) is 0 Å². The zero-order chi connectivity index (χ0) is 22.5. The van der Waals surface area contributed by atoms with E-state index in [0.717, 1.165) is 39.2 Å². The molecule has 1 amide bonds. The third-order valence-corrected chi connectivity index (χ3v) is 6.24. The van der Waals surface area contributed by atoms with Gasteiger partial charge in [-0.15, -0.1) is 0 Å². The van der Waals surface area contributed by atoms with Crippen LogP contribution in [0.3, 0.4) is 0 Å². The number of aryl methyl sites for hydroxylation is 1. The van der Waals surface area contributed by atoms with Gasteiger partial charge in [0.05, 0.1) is 26.0 Å². The normalized spacial score (nSPS) is 19.5. The molecule has 2 aliphatic rings. The highest BCUT2D eigenvalue weighted by atomic mass is 16.7. The standard InChI is InChI=1S/C25H27NO6/c1-14-19-12-18(28-4)5-6-21(19)32-22(14)10-16-11-23-20(26-24(27)15(2)31-23)9-17(16)13-25(3)29-7-8-30-25/h5-6,9,11-12,15H,7-8,10,13H2,1-4H3,(H,26,27). The molecule has 168 valence electrons. The second-order valence-electron chi connectivity index (χ2n) is 8.56. The van der Waals surface area contributed by atoms with Crippen LogP contribution in [0.15, 0.2) is 34.7 Å². The first-order valence-corrected chi connectivity index (χ1v) is 10.8. The van der Waals surface area contributed by atoms with Gasteiger partial charge in [-0.3, -0.25) is 4.79 Å². The molecule has 7 heteroatoms. The maximum atomic E-state index is 12.1. The molecular formula is C25H27NO6. The van der Waals surface area contributed by atoms with Crippen LogP contribution < -0.4 is 14.8 Å². The van der Waals surface area contributed by atoms with Crippen LogP contribution in [-0.4, -0.2) is 38.1 Å². The van der Waals surface area contributed by atoms with Crippen molar-refractivity contribution in [3.8, 4) is 11.5 Å². The Labute approximate surface area is 186 Å². The molecule has 2 aliphatic heterocycles. The van der Waals surface area contributed by atoms with Gasteiger partial charge in [-0.05, 0) is 67.8 Å². The molecule has 0 bridgehead atoms. The number of methoxy groups -OCH3 is 1. The molecule has 3 aromatic rings. The van der Waals surface area contributed by atoms with E-state index in [9.17, 15) is 4.79 Å². The van der Waals surface area contributed by atoms with Crippen LogP contribution >= 0.6 is 0 Å². The molecule has 1 saturated heterocycles. The molecular weight excluding hydrogens is 410 g/mol. The quantitative estimate of drug-likeness (QED) is 0.639. The number of carbonyl (C=O) groups is 1. The lowest BCUT2D eigenvalue weighted by Crippen LogP contribution is -2.35. The van der Waals surface area contributed by atoms with Crippen LogP contribution in [0.2, 0.25) is 0 Å². The van der Waals surface area contributed by atoms with Gasteiger partial charge in [-0.25, -0.2) is 0 Å². The number of rotatable bonds is 5. The van der Waals surface area contributed by atoms with Crippen molar-refractivity contribution < 1.29 is 28.2 Å². The van der Waals surface area contributed by atoms with E-state index in [1.54, 1.807) is 14.0 Å². The predicted octanol–water partition coefficient (Wildman–Crippen LogP) is 4.37. The monoisotopic (exact) mass is 437 g/mol. The van der Waals surface area contributed by atoms with E-state index in [1.165, 1.54) is 0 Å². The van der Waals surface area contributed by atoms with E-state index in [1.807, 2.05) is 37.3 Å². The van der Waals surface area contributed by atoms with Crippen molar-refractivity contribution >= 4 is 22.6 Å². The van der Waals surface area contributed by atoms with Crippen LogP contribution in [-0.2, 0) is 27.1 Å². The molecule has 0 spiro atoms. The highest BCUT2D eigenvalue weighted by molar-refractivity contribution is 5.97. The molecule has 0 radical (unpaired) electrons. The minimum atomic E-state index is -0.702. The highest BCUT2D eigenvalue weighted by Gasteiger charge is 2.33. The summed E-state index contributed by atoms with van der Waals surface area (Å²) < 4.78 is 29.1. The molecule has 1 aromatic heterocycles. The topological polar surface area (TPSA) is 79.2 Å². The second-order valence-corrected chi connectivity index (χ2v) is 8.56. The van der Waals surface area contributed by atoms with Gasteiger partial charge in [-0.2, -0.15) is 0 Å². The van der Waals surface area contributed by atoms with Crippen molar-refractivity contribution in [1.82, 2.24) is 0 Å². The average Bonchev–Trinajstić information content (AvgIpc) is 3.33. The number of carbonyl (C=O) groups excluding carboxylic acids is 1. The summed E-state index contributed by atoms with van der Waals surface area (Å²) >= 11 is 0. The van der Waals surface area contributed by atoms with Crippen LogP contribution in [0.4, 0.5) is 5.69 Å². The number of fused-ring (bicyclic) bond motifs is 2. The maximum Gasteiger partial charge on any atom is 0.265 e. The number of benzene rings is 2. The molecule has 2 aromatic carbocycles. The summed E-state index contributed by atoms with van der Waals surface area (Å²) in [5.74, 6) is 1.47. The van der Waals surface area contributed by atoms with Crippen molar-refractivity contribution in [3.05, 3.63) is 52.8 Å². The molecule has 0 saturated carbocycles. The number of anilines is 1. The Hall–Kier alpha value is -3.03. The third-order valence-electron chi connectivity index (χ3n) is 6.24. The summed E-state index contributed by atoms with van der Waals surface area (Å²) in [6, 6.07) is 9.78. The van der Waals surface area contributed by atoms with Crippen LogP contribution in [0.5, 0.6) is 11.5 Å².